The molecule has 1 saturated heterocycles. The maximum absolute atomic E-state index is 4.64. The molecule has 2 heterocycles. The first-order chi connectivity index (χ1) is 9.11. The van der Waals surface area contributed by atoms with E-state index < -0.39 is 0 Å². The van der Waals surface area contributed by atoms with Gasteiger partial charge in [-0.05, 0) is 27.7 Å². The monoisotopic (exact) mass is 263 g/mol. The third kappa shape index (κ3) is 3.35. The number of rotatable bonds is 4. The number of aryl methyl sites for hydroxylation is 1. The minimum Gasteiger partial charge on any atom is -0.354 e. The molecule has 0 atom stereocenters. The number of piperazine rings is 1. The third-order valence-corrected chi connectivity index (χ3v) is 3.62. The maximum atomic E-state index is 4.64. The van der Waals surface area contributed by atoms with Gasteiger partial charge in [0.2, 0.25) is 5.95 Å². The van der Waals surface area contributed by atoms with E-state index in [0.717, 1.165) is 50.1 Å². The molecule has 0 bridgehead atoms. The summed E-state index contributed by atoms with van der Waals surface area (Å²) >= 11 is 0. The van der Waals surface area contributed by atoms with Gasteiger partial charge < -0.3 is 10.2 Å². The van der Waals surface area contributed by atoms with Crippen LogP contribution in [-0.2, 0) is 0 Å². The van der Waals surface area contributed by atoms with Crippen LogP contribution in [-0.4, -0.2) is 53.6 Å². The lowest BCUT2D eigenvalue weighted by Crippen LogP contribution is -2.49. The highest BCUT2D eigenvalue weighted by atomic mass is 15.3. The average molecular weight is 263 g/mol. The second-order valence-corrected chi connectivity index (χ2v) is 5.35. The molecular weight excluding hydrogens is 238 g/mol. The molecule has 1 N–H and O–H groups in total. The van der Waals surface area contributed by atoms with Crippen molar-refractivity contribution in [1.82, 2.24) is 14.9 Å². The van der Waals surface area contributed by atoms with E-state index in [9.17, 15) is 0 Å². The Morgan fingerprint density at radius 3 is 2.53 bits per heavy atom. The van der Waals surface area contributed by atoms with Gasteiger partial charge in [-0.2, -0.15) is 4.98 Å². The molecule has 0 radical (unpaired) electrons. The SMILES string of the molecule is CCNc1ncc(C)c(N2CCN(C(C)C)CC2)n1. The number of nitrogens with zero attached hydrogens (tertiary/aromatic N) is 4. The van der Waals surface area contributed by atoms with E-state index in [4.69, 9.17) is 0 Å². The molecule has 1 aromatic heterocycles. The zero-order valence-corrected chi connectivity index (χ0v) is 12.5. The summed E-state index contributed by atoms with van der Waals surface area (Å²) in [6, 6.07) is 0.631. The minimum absolute atomic E-state index is 0.631. The Morgan fingerprint density at radius 1 is 1.26 bits per heavy atom. The van der Waals surface area contributed by atoms with Crippen molar-refractivity contribution in [2.45, 2.75) is 33.7 Å². The number of hydrogen-bond donors (Lipinski definition) is 1. The average Bonchev–Trinajstić information content (AvgIpc) is 2.41. The van der Waals surface area contributed by atoms with Crippen LogP contribution in [0.15, 0.2) is 6.20 Å². The summed E-state index contributed by atoms with van der Waals surface area (Å²) in [5, 5.41) is 3.18. The molecule has 19 heavy (non-hydrogen) atoms. The Labute approximate surface area is 116 Å². The zero-order chi connectivity index (χ0) is 13.8. The summed E-state index contributed by atoms with van der Waals surface area (Å²) < 4.78 is 0. The number of aromatic nitrogens is 2. The molecule has 1 aromatic rings. The predicted molar refractivity (Wildman–Crippen MR) is 79.9 cm³/mol. The molecule has 5 nitrogen and oxygen atoms in total. The van der Waals surface area contributed by atoms with Crippen LogP contribution in [0.25, 0.3) is 0 Å². The molecule has 1 aliphatic heterocycles. The minimum atomic E-state index is 0.631. The fraction of sp³-hybridized carbons (Fsp3) is 0.714. The van der Waals surface area contributed by atoms with Gasteiger partial charge in [0.05, 0.1) is 0 Å². The first kappa shape index (κ1) is 14.1. The highest BCUT2D eigenvalue weighted by molar-refractivity contribution is 5.49. The highest BCUT2D eigenvalue weighted by Gasteiger charge is 2.21. The fourth-order valence-corrected chi connectivity index (χ4v) is 2.45. The van der Waals surface area contributed by atoms with Gasteiger partial charge in [0.1, 0.15) is 5.82 Å². The molecule has 1 aliphatic rings. The van der Waals surface area contributed by atoms with Crippen LogP contribution in [0.1, 0.15) is 26.3 Å². The molecule has 0 spiro atoms. The van der Waals surface area contributed by atoms with Crippen molar-refractivity contribution in [3.05, 3.63) is 11.8 Å². The molecule has 1 fully saturated rings. The van der Waals surface area contributed by atoms with Gasteiger partial charge in [-0.15, -0.1) is 0 Å². The van der Waals surface area contributed by atoms with Crippen LogP contribution >= 0.6 is 0 Å². The number of nitrogens with one attached hydrogen (secondary N) is 1. The summed E-state index contributed by atoms with van der Waals surface area (Å²) in [5.41, 5.74) is 1.15. The number of hydrogen-bond acceptors (Lipinski definition) is 5. The van der Waals surface area contributed by atoms with E-state index in [2.05, 4.69) is 52.8 Å². The maximum Gasteiger partial charge on any atom is 0.224 e. The van der Waals surface area contributed by atoms with Crippen LogP contribution in [0.3, 0.4) is 0 Å². The van der Waals surface area contributed by atoms with Crippen molar-refractivity contribution in [3.63, 3.8) is 0 Å². The van der Waals surface area contributed by atoms with Gasteiger partial charge in [-0.25, -0.2) is 4.98 Å². The predicted octanol–water partition coefficient (Wildman–Crippen LogP) is 1.75. The Hall–Kier alpha value is -1.36. The summed E-state index contributed by atoms with van der Waals surface area (Å²) in [7, 11) is 0. The van der Waals surface area contributed by atoms with Crippen molar-refractivity contribution in [2.24, 2.45) is 0 Å². The normalized spacial score (nSPS) is 17.0. The second kappa shape index (κ2) is 6.19. The van der Waals surface area contributed by atoms with Crippen LogP contribution in [0.2, 0.25) is 0 Å². The largest absolute Gasteiger partial charge is 0.354 e. The lowest BCUT2D eigenvalue weighted by Gasteiger charge is -2.38. The lowest BCUT2D eigenvalue weighted by atomic mass is 10.2. The molecular formula is C14H25N5. The van der Waals surface area contributed by atoms with Gasteiger partial charge >= 0.3 is 0 Å². The first-order valence-corrected chi connectivity index (χ1v) is 7.18. The first-order valence-electron chi connectivity index (χ1n) is 7.18. The Bertz CT molecular complexity index is 410. The van der Waals surface area contributed by atoms with Gasteiger partial charge in [0.15, 0.2) is 0 Å². The van der Waals surface area contributed by atoms with E-state index in [0.29, 0.717) is 6.04 Å². The van der Waals surface area contributed by atoms with Crippen molar-refractivity contribution in [3.8, 4) is 0 Å². The van der Waals surface area contributed by atoms with Crippen molar-refractivity contribution < 1.29 is 0 Å². The summed E-state index contributed by atoms with van der Waals surface area (Å²) in [6.07, 6.45) is 1.91. The number of anilines is 2. The van der Waals surface area contributed by atoms with E-state index in [1.807, 2.05) is 6.20 Å². The van der Waals surface area contributed by atoms with Gasteiger partial charge in [0.25, 0.3) is 0 Å². The van der Waals surface area contributed by atoms with E-state index >= 15 is 0 Å². The summed E-state index contributed by atoms with van der Waals surface area (Å²) in [5.74, 6) is 1.81. The van der Waals surface area contributed by atoms with Crippen LogP contribution < -0.4 is 10.2 Å². The molecule has 2 rings (SSSR count). The zero-order valence-electron chi connectivity index (χ0n) is 12.5. The molecule has 0 saturated carbocycles. The smallest absolute Gasteiger partial charge is 0.224 e. The summed E-state index contributed by atoms with van der Waals surface area (Å²) in [6.45, 7) is 13.8. The quantitative estimate of drug-likeness (QED) is 0.896. The van der Waals surface area contributed by atoms with Crippen molar-refractivity contribution in [1.29, 1.82) is 0 Å². The van der Waals surface area contributed by atoms with Crippen molar-refractivity contribution >= 4 is 11.8 Å². The fourth-order valence-electron chi connectivity index (χ4n) is 2.45. The Balaban J connectivity index is 2.08. The highest BCUT2D eigenvalue weighted by Crippen LogP contribution is 2.20. The van der Waals surface area contributed by atoms with Crippen molar-refractivity contribution in [2.75, 3.05) is 42.9 Å². The Morgan fingerprint density at radius 2 is 1.95 bits per heavy atom. The summed E-state index contributed by atoms with van der Waals surface area (Å²) in [4.78, 5) is 13.8. The molecule has 0 aromatic carbocycles. The van der Waals surface area contributed by atoms with E-state index in [1.54, 1.807) is 0 Å². The van der Waals surface area contributed by atoms with Crippen LogP contribution in [0.4, 0.5) is 11.8 Å². The molecule has 5 heteroatoms. The van der Waals surface area contributed by atoms with Gasteiger partial charge in [-0.1, -0.05) is 0 Å². The lowest BCUT2D eigenvalue weighted by molar-refractivity contribution is 0.209. The Kier molecular flexibility index (Phi) is 4.58. The molecule has 106 valence electrons. The van der Waals surface area contributed by atoms with Gasteiger partial charge in [0, 0.05) is 50.5 Å². The van der Waals surface area contributed by atoms with Gasteiger partial charge in [-0.3, -0.25) is 4.90 Å². The standard InChI is InChI=1S/C14H25N5/c1-5-15-14-16-10-12(4)13(17-14)19-8-6-18(7-9-19)11(2)3/h10-11H,5-9H2,1-4H3,(H,15,16,17). The molecule has 0 amide bonds. The topological polar surface area (TPSA) is 44.3 Å². The van der Waals surface area contributed by atoms with Crippen LogP contribution in [0.5, 0.6) is 0 Å². The van der Waals surface area contributed by atoms with Crippen LogP contribution in [0, 0.1) is 6.92 Å². The van der Waals surface area contributed by atoms with E-state index in [1.165, 1.54) is 0 Å². The third-order valence-electron chi connectivity index (χ3n) is 3.62. The second-order valence-electron chi connectivity index (χ2n) is 5.35. The molecule has 0 aliphatic carbocycles. The molecule has 0 unspecified atom stereocenters. The van der Waals surface area contributed by atoms with E-state index in [-0.39, 0.29) is 0 Å².